The minimum absolute atomic E-state index is 0.248. The average molecular weight is 239 g/mol. The molecule has 0 saturated heterocycles. The van der Waals surface area contributed by atoms with E-state index in [4.69, 9.17) is 5.84 Å². The van der Waals surface area contributed by atoms with E-state index in [1.807, 2.05) is 6.92 Å². The van der Waals surface area contributed by atoms with Gasteiger partial charge in [-0.05, 0) is 31.6 Å². The largest absolute Gasteiger partial charge is 0.271 e. The molecule has 0 aromatic carbocycles. The molecule has 1 aliphatic carbocycles. The molecule has 1 saturated carbocycles. The van der Waals surface area contributed by atoms with Crippen molar-refractivity contribution in [1.82, 2.24) is 10.4 Å². The van der Waals surface area contributed by atoms with Gasteiger partial charge in [0.25, 0.3) is 0 Å². The second kappa shape index (κ2) is 5.25. The van der Waals surface area contributed by atoms with Gasteiger partial charge in [-0.3, -0.25) is 11.3 Å². The van der Waals surface area contributed by atoms with Gasteiger partial charge in [0.05, 0.1) is 16.7 Å². The molecule has 4 heteroatoms. The molecule has 1 atom stereocenters. The molecule has 16 heavy (non-hydrogen) atoms. The van der Waals surface area contributed by atoms with Gasteiger partial charge in [-0.15, -0.1) is 11.3 Å². The highest BCUT2D eigenvalue weighted by atomic mass is 32.1. The number of aromatic nitrogens is 1. The molecule has 0 radical (unpaired) electrons. The lowest BCUT2D eigenvalue weighted by Crippen LogP contribution is -2.35. The smallest absolute Gasteiger partial charge is 0.0898 e. The summed E-state index contributed by atoms with van der Waals surface area (Å²) in [4.78, 5) is 4.55. The van der Waals surface area contributed by atoms with Crippen LogP contribution >= 0.6 is 11.3 Å². The van der Waals surface area contributed by atoms with Crippen LogP contribution in [0, 0.1) is 18.8 Å². The number of hydrazine groups is 1. The third-order valence-corrected chi connectivity index (χ3v) is 4.46. The van der Waals surface area contributed by atoms with E-state index < -0.39 is 0 Å². The number of nitrogens with one attached hydrogen (secondary N) is 1. The summed E-state index contributed by atoms with van der Waals surface area (Å²) in [5, 5.41) is 3.26. The maximum Gasteiger partial charge on any atom is 0.0898 e. The SMILES string of the molecule is Cc1nc(C(NN)C2CCC(C)CC2)cs1. The van der Waals surface area contributed by atoms with Crippen LogP contribution in [0.15, 0.2) is 5.38 Å². The van der Waals surface area contributed by atoms with Crippen molar-refractivity contribution in [2.45, 2.75) is 45.6 Å². The quantitative estimate of drug-likeness (QED) is 0.630. The van der Waals surface area contributed by atoms with Gasteiger partial charge in [0.1, 0.15) is 0 Å². The summed E-state index contributed by atoms with van der Waals surface area (Å²) in [5.74, 6) is 7.23. The van der Waals surface area contributed by atoms with Crippen molar-refractivity contribution in [3.63, 3.8) is 0 Å². The fourth-order valence-corrected chi connectivity index (χ4v) is 3.25. The first kappa shape index (κ1) is 12.0. The highest BCUT2D eigenvalue weighted by molar-refractivity contribution is 7.09. The minimum atomic E-state index is 0.248. The van der Waals surface area contributed by atoms with E-state index >= 15 is 0 Å². The summed E-state index contributed by atoms with van der Waals surface area (Å²) in [6.07, 6.45) is 5.19. The molecule has 0 spiro atoms. The highest BCUT2D eigenvalue weighted by Crippen LogP contribution is 2.36. The predicted octanol–water partition coefficient (Wildman–Crippen LogP) is 2.78. The molecule has 0 aliphatic heterocycles. The molecule has 1 aromatic heterocycles. The summed E-state index contributed by atoms with van der Waals surface area (Å²) in [6.45, 7) is 4.39. The Hall–Kier alpha value is -0.450. The third kappa shape index (κ3) is 2.62. The molecular weight excluding hydrogens is 218 g/mol. The summed E-state index contributed by atoms with van der Waals surface area (Å²) in [6, 6.07) is 0.248. The fraction of sp³-hybridized carbons (Fsp3) is 0.750. The van der Waals surface area contributed by atoms with E-state index in [0.29, 0.717) is 5.92 Å². The van der Waals surface area contributed by atoms with Crippen molar-refractivity contribution < 1.29 is 0 Å². The summed E-state index contributed by atoms with van der Waals surface area (Å²) < 4.78 is 0. The van der Waals surface area contributed by atoms with Crippen LogP contribution in [0.5, 0.6) is 0 Å². The zero-order valence-corrected chi connectivity index (χ0v) is 10.9. The number of nitrogens with zero attached hydrogens (tertiary/aromatic N) is 1. The van der Waals surface area contributed by atoms with E-state index in [9.17, 15) is 0 Å². The van der Waals surface area contributed by atoms with Crippen LogP contribution in [0.4, 0.5) is 0 Å². The van der Waals surface area contributed by atoms with Crippen LogP contribution in [-0.4, -0.2) is 4.98 Å². The first-order chi connectivity index (χ1) is 7.70. The normalized spacial score (nSPS) is 27.9. The molecule has 0 amide bonds. The molecule has 1 aromatic rings. The van der Waals surface area contributed by atoms with Crippen molar-refractivity contribution in [3.05, 3.63) is 16.1 Å². The van der Waals surface area contributed by atoms with E-state index in [2.05, 4.69) is 22.7 Å². The Balaban J connectivity index is 2.05. The van der Waals surface area contributed by atoms with Crippen molar-refractivity contribution in [1.29, 1.82) is 0 Å². The zero-order valence-electron chi connectivity index (χ0n) is 10.1. The first-order valence-electron chi connectivity index (χ1n) is 6.09. The van der Waals surface area contributed by atoms with E-state index in [0.717, 1.165) is 16.6 Å². The molecule has 3 N–H and O–H groups in total. The fourth-order valence-electron chi connectivity index (χ4n) is 2.61. The Morgan fingerprint density at radius 2 is 2.12 bits per heavy atom. The number of nitrogens with two attached hydrogens (primary N) is 1. The number of rotatable bonds is 3. The van der Waals surface area contributed by atoms with Crippen molar-refractivity contribution in [2.24, 2.45) is 17.7 Å². The van der Waals surface area contributed by atoms with E-state index in [1.165, 1.54) is 25.7 Å². The molecule has 2 rings (SSSR count). The third-order valence-electron chi connectivity index (χ3n) is 3.67. The maximum atomic E-state index is 5.69. The van der Waals surface area contributed by atoms with Crippen LogP contribution in [0.3, 0.4) is 0 Å². The Morgan fingerprint density at radius 3 is 2.62 bits per heavy atom. The van der Waals surface area contributed by atoms with Crippen LogP contribution in [0.1, 0.15) is 49.4 Å². The second-order valence-electron chi connectivity index (χ2n) is 4.96. The standard InChI is InChI=1S/C12H21N3S/c1-8-3-5-10(6-4-8)12(15-13)11-7-16-9(2)14-11/h7-8,10,12,15H,3-6,13H2,1-2H3. The maximum absolute atomic E-state index is 5.69. The van der Waals surface area contributed by atoms with Gasteiger partial charge in [0.2, 0.25) is 0 Å². The molecule has 3 nitrogen and oxygen atoms in total. The van der Waals surface area contributed by atoms with E-state index in [-0.39, 0.29) is 6.04 Å². The molecule has 1 fully saturated rings. The van der Waals surface area contributed by atoms with Gasteiger partial charge in [0, 0.05) is 5.38 Å². The minimum Gasteiger partial charge on any atom is -0.271 e. The molecular formula is C12H21N3S. The van der Waals surface area contributed by atoms with Crippen LogP contribution in [0.2, 0.25) is 0 Å². The van der Waals surface area contributed by atoms with Gasteiger partial charge in [0.15, 0.2) is 0 Å². The zero-order chi connectivity index (χ0) is 11.5. The highest BCUT2D eigenvalue weighted by Gasteiger charge is 2.27. The van der Waals surface area contributed by atoms with Gasteiger partial charge >= 0.3 is 0 Å². The molecule has 0 bridgehead atoms. The van der Waals surface area contributed by atoms with Gasteiger partial charge in [-0.1, -0.05) is 19.8 Å². The monoisotopic (exact) mass is 239 g/mol. The summed E-state index contributed by atoms with van der Waals surface area (Å²) in [5.41, 5.74) is 4.09. The number of hydrogen-bond acceptors (Lipinski definition) is 4. The topological polar surface area (TPSA) is 50.9 Å². The predicted molar refractivity (Wildman–Crippen MR) is 68.0 cm³/mol. The van der Waals surface area contributed by atoms with E-state index in [1.54, 1.807) is 11.3 Å². The lowest BCUT2D eigenvalue weighted by atomic mass is 9.79. The van der Waals surface area contributed by atoms with Gasteiger partial charge in [-0.2, -0.15) is 0 Å². The number of thiazole rings is 1. The van der Waals surface area contributed by atoms with Crippen molar-refractivity contribution in [3.8, 4) is 0 Å². The lowest BCUT2D eigenvalue weighted by Gasteiger charge is -2.31. The van der Waals surface area contributed by atoms with Crippen LogP contribution in [-0.2, 0) is 0 Å². The lowest BCUT2D eigenvalue weighted by molar-refractivity contribution is 0.230. The van der Waals surface area contributed by atoms with Crippen LogP contribution < -0.4 is 11.3 Å². The summed E-state index contributed by atoms with van der Waals surface area (Å²) in [7, 11) is 0. The Labute approximate surface area is 101 Å². The number of hydrogen-bond donors (Lipinski definition) is 2. The Bertz CT molecular complexity index is 329. The average Bonchev–Trinajstić information content (AvgIpc) is 2.69. The molecule has 90 valence electrons. The molecule has 1 aliphatic rings. The second-order valence-corrected chi connectivity index (χ2v) is 6.02. The summed E-state index contributed by atoms with van der Waals surface area (Å²) >= 11 is 1.71. The Morgan fingerprint density at radius 1 is 1.44 bits per heavy atom. The number of aryl methyl sites for hydroxylation is 1. The molecule has 1 heterocycles. The Kier molecular flexibility index (Phi) is 3.95. The first-order valence-corrected chi connectivity index (χ1v) is 6.97. The molecule has 1 unspecified atom stereocenters. The van der Waals surface area contributed by atoms with Crippen molar-refractivity contribution >= 4 is 11.3 Å². The van der Waals surface area contributed by atoms with Gasteiger partial charge < -0.3 is 0 Å². The van der Waals surface area contributed by atoms with Crippen LogP contribution in [0.25, 0.3) is 0 Å². The van der Waals surface area contributed by atoms with Crippen molar-refractivity contribution in [2.75, 3.05) is 0 Å². The van der Waals surface area contributed by atoms with Gasteiger partial charge in [-0.25, -0.2) is 4.98 Å².